The smallest absolute Gasteiger partial charge is 0.174 e. The van der Waals surface area contributed by atoms with Crippen LogP contribution in [-0.2, 0) is 0 Å². The molecule has 0 atom stereocenters. The van der Waals surface area contributed by atoms with Crippen molar-refractivity contribution in [1.82, 2.24) is 8.75 Å². The predicted molar refractivity (Wildman–Crippen MR) is 60.1 cm³/mol. The summed E-state index contributed by atoms with van der Waals surface area (Å²) in [5.74, 6) is 0.0295. The van der Waals surface area contributed by atoms with Crippen molar-refractivity contribution < 1.29 is 8.81 Å². The summed E-state index contributed by atoms with van der Waals surface area (Å²) in [4.78, 5) is 0. The number of hydrogen-bond donors (Lipinski definition) is 0. The molecule has 0 saturated carbocycles. The Morgan fingerprint density at radius 3 is 2.88 bits per heavy atom. The Labute approximate surface area is 98.8 Å². The molecular formula is C10H4ClFN2OS. The van der Waals surface area contributed by atoms with Gasteiger partial charge in [-0.1, -0.05) is 23.7 Å². The topological polar surface area (TPSA) is 38.9 Å². The number of nitrogens with zero attached hydrogens (tertiary/aromatic N) is 2. The average molecular weight is 255 g/mol. The number of furan rings is 1. The molecule has 2 heterocycles. The number of para-hydroxylation sites is 1. The molecule has 2 aromatic heterocycles. The van der Waals surface area contributed by atoms with Gasteiger partial charge in [-0.15, -0.1) is 0 Å². The molecule has 0 N–H and O–H groups in total. The molecule has 0 aliphatic heterocycles. The standard InChI is InChI=1S/C10H4ClFN2OS/c11-10-8(13-16-14-10)7-4-5-2-1-3-6(12)9(5)15-7/h1-4H. The second kappa shape index (κ2) is 3.54. The molecule has 16 heavy (non-hydrogen) atoms. The molecule has 1 aromatic carbocycles. The quantitative estimate of drug-likeness (QED) is 0.664. The van der Waals surface area contributed by atoms with E-state index in [0.717, 1.165) is 11.7 Å². The van der Waals surface area contributed by atoms with Crippen molar-refractivity contribution in [2.45, 2.75) is 0 Å². The average Bonchev–Trinajstić information content (AvgIpc) is 2.84. The van der Waals surface area contributed by atoms with Crippen LogP contribution in [0.3, 0.4) is 0 Å². The van der Waals surface area contributed by atoms with Crippen LogP contribution in [0.2, 0.25) is 5.15 Å². The second-order valence-electron chi connectivity index (χ2n) is 3.17. The van der Waals surface area contributed by atoms with Crippen LogP contribution in [0, 0.1) is 5.82 Å². The number of rotatable bonds is 1. The molecule has 0 amide bonds. The van der Waals surface area contributed by atoms with Gasteiger partial charge in [-0.3, -0.25) is 0 Å². The SMILES string of the molecule is Fc1cccc2cc(-c3nsnc3Cl)oc12. The first kappa shape index (κ1) is 9.74. The van der Waals surface area contributed by atoms with E-state index >= 15 is 0 Å². The van der Waals surface area contributed by atoms with E-state index in [1.807, 2.05) is 0 Å². The van der Waals surface area contributed by atoms with Gasteiger partial charge < -0.3 is 4.42 Å². The van der Waals surface area contributed by atoms with Gasteiger partial charge in [0.2, 0.25) is 0 Å². The Morgan fingerprint density at radius 2 is 2.19 bits per heavy atom. The fraction of sp³-hybridized carbons (Fsp3) is 0. The summed E-state index contributed by atoms with van der Waals surface area (Å²) < 4.78 is 26.6. The number of benzene rings is 1. The molecule has 80 valence electrons. The van der Waals surface area contributed by atoms with Crippen molar-refractivity contribution in [2.24, 2.45) is 0 Å². The van der Waals surface area contributed by atoms with E-state index < -0.39 is 5.82 Å². The zero-order valence-corrected chi connectivity index (χ0v) is 9.35. The minimum Gasteiger partial charge on any atom is -0.451 e. The van der Waals surface area contributed by atoms with E-state index in [1.165, 1.54) is 6.07 Å². The Hall–Kier alpha value is -1.46. The lowest BCUT2D eigenvalue weighted by Crippen LogP contribution is -1.72. The Morgan fingerprint density at radius 1 is 1.31 bits per heavy atom. The highest BCUT2D eigenvalue weighted by molar-refractivity contribution is 6.99. The molecular weight excluding hydrogens is 251 g/mol. The zero-order valence-electron chi connectivity index (χ0n) is 7.78. The first-order valence-electron chi connectivity index (χ1n) is 4.42. The highest BCUT2D eigenvalue weighted by Gasteiger charge is 2.15. The largest absolute Gasteiger partial charge is 0.451 e. The van der Waals surface area contributed by atoms with E-state index in [-0.39, 0.29) is 10.7 Å². The van der Waals surface area contributed by atoms with Crippen LogP contribution in [0.4, 0.5) is 4.39 Å². The first-order chi connectivity index (χ1) is 7.75. The van der Waals surface area contributed by atoms with Crippen LogP contribution >= 0.6 is 23.3 Å². The monoisotopic (exact) mass is 254 g/mol. The third-order valence-corrected chi connectivity index (χ3v) is 3.07. The molecule has 3 rings (SSSR count). The molecule has 0 radical (unpaired) electrons. The Balaban J connectivity index is 2.27. The Bertz CT molecular complexity index is 664. The molecule has 0 saturated heterocycles. The summed E-state index contributed by atoms with van der Waals surface area (Å²) in [6.45, 7) is 0. The molecule has 0 unspecified atom stereocenters. The van der Waals surface area contributed by atoms with E-state index in [0.29, 0.717) is 16.8 Å². The highest BCUT2D eigenvalue weighted by Crippen LogP contribution is 2.31. The van der Waals surface area contributed by atoms with Gasteiger partial charge in [-0.2, -0.15) is 8.75 Å². The van der Waals surface area contributed by atoms with Crippen LogP contribution in [0.1, 0.15) is 0 Å². The molecule has 0 spiro atoms. The molecule has 3 aromatic rings. The van der Waals surface area contributed by atoms with Gasteiger partial charge in [0, 0.05) is 5.39 Å². The molecule has 0 aliphatic carbocycles. The van der Waals surface area contributed by atoms with Gasteiger partial charge in [-0.25, -0.2) is 4.39 Å². The maximum absolute atomic E-state index is 13.4. The second-order valence-corrected chi connectivity index (χ2v) is 4.06. The lowest BCUT2D eigenvalue weighted by Gasteiger charge is -1.89. The van der Waals surface area contributed by atoms with Crippen LogP contribution in [0.5, 0.6) is 0 Å². The normalized spacial score (nSPS) is 11.1. The molecule has 0 bridgehead atoms. The summed E-state index contributed by atoms with van der Waals surface area (Å²) >= 11 is 6.81. The number of aromatic nitrogens is 2. The molecule has 6 heteroatoms. The van der Waals surface area contributed by atoms with Crippen LogP contribution in [0.25, 0.3) is 22.4 Å². The number of fused-ring (bicyclic) bond motifs is 1. The van der Waals surface area contributed by atoms with Gasteiger partial charge in [0.25, 0.3) is 0 Å². The van der Waals surface area contributed by atoms with Crippen molar-refractivity contribution in [3.8, 4) is 11.5 Å². The van der Waals surface area contributed by atoms with Crippen LogP contribution in [-0.4, -0.2) is 8.75 Å². The van der Waals surface area contributed by atoms with Crippen LogP contribution < -0.4 is 0 Å². The third kappa shape index (κ3) is 1.40. The lowest BCUT2D eigenvalue weighted by atomic mass is 10.2. The van der Waals surface area contributed by atoms with Crippen LogP contribution in [0.15, 0.2) is 28.7 Å². The van der Waals surface area contributed by atoms with Crippen molar-refractivity contribution in [3.63, 3.8) is 0 Å². The summed E-state index contributed by atoms with van der Waals surface area (Å²) in [5.41, 5.74) is 0.656. The molecule has 0 aliphatic rings. The first-order valence-corrected chi connectivity index (χ1v) is 5.53. The van der Waals surface area contributed by atoms with Gasteiger partial charge in [0.15, 0.2) is 28.0 Å². The van der Waals surface area contributed by atoms with Gasteiger partial charge >= 0.3 is 0 Å². The summed E-state index contributed by atoms with van der Waals surface area (Å²) in [6, 6.07) is 6.43. The number of halogens is 2. The van der Waals surface area contributed by atoms with Gasteiger partial charge in [0.05, 0.1) is 11.7 Å². The zero-order chi connectivity index (χ0) is 11.1. The summed E-state index contributed by atoms with van der Waals surface area (Å²) in [7, 11) is 0. The maximum atomic E-state index is 13.4. The minimum absolute atomic E-state index is 0.210. The summed E-state index contributed by atoms with van der Waals surface area (Å²) in [6.07, 6.45) is 0. The van der Waals surface area contributed by atoms with Crippen molar-refractivity contribution in [2.75, 3.05) is 0 Å². The van der Waals surface area contributed by atoms with E-state index in [2.05, 4.69) is 8.75 Å². The molecule has 0 fully saturated rings. The maximum Gasteiger partial charge on any atom is 0.174 e. The van der Waals surface area contributed by atoms with Gasteiger partial charge in [0.1, 0.15) is 0 Å². The predicted octanol–water partition coefficient (Wildman–Crippen LogP) is 3.74. The van der Waals surface area contributed by atoms with Crippen molar-refractivity contribution in [3.05, 3.63) is 35.2 Å². The Kier molecular flexibility index (Phi) is 2.15. The van der Waals surface area contributed by atoms with E-state index in [1.54, 1.807) is 18.2 Å². The van der Waals surface area contributed by atoms with Crippen molar-refractivity contribution in [1.29, 1.82) is 0 Å². The van der Waals surface area contributed by atoms with E-state index in [4.69, 9.17) is 16.0 Å². The fourth-order valence-electron chi connectivity index (χ4n) is 1.47. The lowest BCUT2D eigenvalue weighted by molar-refractivity contribution is 0.568. The summed E-state index contributed by atoms with van der Waals surface area (Å²) in [5, 5.41) is 0.948. The number of hydrogen-bond acceptors (Lipinski definition) is 4. The minimum atomic E-state index is -0.400. The van der Waals surface area contributed by atoms with Crippen molar-refractivity contribution >= 4 is 34.3 Å². The van der Waals surface area contributed by atoms with E-state index in [9.17, 15) is 4.39 Å². The third-order valence-electron chi connectivity index (χ3n) is 2.18. The molecule has 3 nitrogen and oxygen atoms in total. The highest BCUT2D eigenvalue weighted by atomic mass is 35.5. The van der Waals surface area contributed by atoms with Gasteiger partial charge in [-0.05, 0) is 12.1 Å². The fourth-order valence-corrected chi connectivity index (χ4v) is 2.20.